The van der Waals surface area contributed by atoms with Gasteiger partial charge in [0.1, 0.15) is 11.2 Å². The standard InChI is InChI=1S/C14H16N4O3/c1-4-8(2)16-17-14(19)12-9(3)10-6-5-7-11(18(20)21)13(10)15-12/h5-7,15H,4H2,1-3H3,(H,17,19)/b16-8+. The number of non-ortho nitro benzene ring substituents is 1. The van der Waals surface area contributed by atoms with Crippen molar-refractivity contribution < 1.29 is 9.72 Å². The van der Waals surface area contributed by atoms with Crippen molar-refractivity contribution in [2.45, 2.75) is 27.2 Å². The number of nitro benzene ring substituents is 1. The molecule has 7 heteroatoms. The van der Waals surface area contributed by atoms with Crippen LogP contribution in [0.4, 0.5) is 5.69 Å². The van der Waals surface area contributed by atoms with Gasteiger partial charge in [-0.2, -0.15) is 5.10 Å². The number of hydrogen-bond acceptors (Lipinski definition) is 4. The van der Waals surface area contributed by atoms with Gasteiger partial charge >= 0.3 is 0 Å². The van der Waals surface area contributed by atoms with Gasteiger partial charge in [0, 0.05) is 17.2 Å². The van der Waals surface area contributed by atoms with Crippen molar-refractivity contribution in [3.05, 3.63) is 39.6 Å². The highest BCUT2D eigenvalue weighted by Crippen LogP contribution is 2.29. The number of rotatable bonds is 4. The normalized spacial score (nSPS) is 11.7. The number of nitrogens with zero attached hydrogens (tertiary/aromatic N) is 2. The lowest BCUT2D eigenvalue weighted by atomic mass is 10.1. The predicted octanol–water partition coefficient (Wildman–Crippen LogP) is 2.90. The van der Waals surface area contributed by atoms with Crippen LogP contribution in [0.15, 0.2) is 23.3 Å². The summed E-state index contributed by atoms with van der Waals surface area (Å²) in [5, 5.41) is 15.6. The number of carbonyl (C=O) groups excluding carboxylic acids is 1. The van der Waals surface area contributed by atoms with Gasteiger partial charge < -0.3 is 4.98 Å². The van der Waals surface area contributed by atoms with E-state index in [-0.39, 0.29) is 11.4 Å². The van der Waals surface area contributed by atoms with E-state index < -0.39 is 10.8 Å². The Balaban J connectivity index is 2.46. The Morgan fingerprint density at radius 1 is 1.48 bits per heavy atom. The molecule has 21 heavy (non-hydrogen) atoms. The summed E-state index contributed by atoms with van der Waals surface area (Å²) < 4.78 is 0. The van der Waals surface area contributed by atoms with Gasteiger partial charge in [-0.15, -0.1) is 0 Å². The molecule has 0 aliphatic carbocycles. The second-order valence-corrected chi connectivity index (χ2v) is 4.72. The first-order valence-electron chi connectivity index (χ1n) is 6.54. The summed E-state index contributed by atoms with van der Waals surface area (Å²) in [5.41, 5.74) is 4.48. The number of hydrazone groups is 1. The maximum Gasteiger partial charge on any atom is 0.293 e. The molecule has 0 radical (unpaired) electrons. The maximum atomic E-state index is 12.1. The molecule has 0 fully saturated rings. The lowest BCUT2D eigenvalue weighted by Gasteiger charge is -2.00. The highest BCUT2D eigenvalue weighted by Gasteiger charge is 2.20. The fourth-order valence-electron chi connectivity index (χ4n) is 2.00. The fraction of sp³-hybridized carbons (Fsp3) is 0.286. The average molecular weight is 288 g/mol. The van der Waals surface area contributed by atoms with E-state index >= 15 is 0 Å². The molecule has 1 heterocycles. The third-order valence-corrected chi connectivity index (χ3v) is 3.36. The van der Waals surface area contributed by atoms with Crippen molar-refractivity contribution in [3.8, 4) is 0 Å². The van der Waals surface area contributed by atoms with E-state index in [4.69, 9.17) is 0 Å². The van der Waals surface area contributed by atoms with E-state index in [1.54, 1.807) is 19.1 Å². The van der Waals surface area contributed by atoms with Crippen LogP contribution in [0.1, 0.15) is 36.3 Å². The number of aromatic nitrogens is 1. The van der Waals surface area contributed by atoms with E-state index in [0.29, 0.717) is 16.5 Å². The highest BCUT2D eigenvalue weighted by molar-refractivity contribution is 6.03. The topological polar surface area (TPSA) is 100 Å². The summed E-state index contributed by atoms with van der Waals surface area (Å²) in [7, 11) is 0. The molecule has 0 saturated heterocycles. The predicted molar refractivity (Wildman–Crippen MR) is 80.6 cm³/mol. The van der Waals surface area contributed by atoms with Crippen LogP contribution in [0.2, 0.25) is 0 Å². The minimum absolute atomic E-state index is 0.0529. The number of fused-ring (bicyclic) bond motifs is 1. The monoisotopic (exact) mass is 288 g/mol. The molecule has 2 rings (SSSR count). The molecule has 0 spiro atoms. The number of nitrogens with one attached hydrogen (secondary N) is 2. The van der Waals surface area contributed by atoms with Gasteiger partial charge in [-0.05, 0) is 25.8 Å². The van der Waals surface area contributed by atoms with Gasteiger partial charge in [0.05, 0.1) is 4.92 Å². The molecule has 1 aromatic heterocycles. The van der Waals surface area contributed by atoms with E-state index in [0.717, 1.165) is 12.1 Å². The Hall–Kier alpha value is -2.70. The molecule has 0 aliphatic rings. The summed E-state index contributed by atoms with van der Waals surface area (Å²) >= 11 is 0. The highest BCUT2D eigenvalue weighted by atomic mass is 16.6. The van der Waals surface area contributed by atoms with Crippen LogP contribution in [0.3, 0.4) is 0 Å². The summed E-state index contributed by atoms with van der Waals surface area (Å²) in [6.07, 6.45) is 0.734. The van der Waals surface area contributed by atoms with Crippen LogP contribution < -0.4 is 5.43 Å². The molecular weight excluding hydrogens is 272 g/mol. The SMILES string of the molecule is CC/C(C)=N/NC(=O)c1[nH]c2c([N+](=O)[O-])cccc2c1C. The van der Waals surface area contributed by atoms with Gasteiger partial charge in [-0.1, -0.05) is 19.1 Å². The maximum absolute atomic E-state index is 12.1. The smallest absolute Gasteiger partial charge is 0.293 e. The molecule has 2 aromatic rings. The first-order valence-corrected chi connectivity index (χ1v) is 6.54. The summed E-state index contributed by atoms with van der Waals surface area (Å²) in [4.78, 5) is 25.5. The quantitative estimate of drug-likeness (QED) is 0.514. The number of para-hydroxylation sites is 1. The summed E-state index contributed by atoms with van der Waals surface area (Å²) in [6, 6.07) is 4.74. The zero-order valence-electron chi connectivity index (χ0n) is 12.1. The number of hydrogen-bond donors (Lipinski definition) is 2. The number of aromatic amines is 1. The van der Waals surface area contributed by atoms with Gasteiger partial charge in [-0.3, -0.25) is 14.9 Å². The second kappa shape index (κ2) is 5.74. The first-order chi connectivity index (χ1) is 9.95. The third kappa shape index (κ3) is 2.76. The number of H-pyrrole nitrogens is 1. The van der Waals surface area contributed by atoms with Crippen molar-refractivity contribution in [1.29, 1.82) is 0 Å². The Bertz CT molecular complexity index is 746. The molecule has 0 atom stereocenters. The van der Waals surface area contributed by atoms with Crippen LogP contribution in [0.25, 0.3) is 10.9 Å². The zero-order chi connectivity index (χ0) is 15.6. The Labute approximate surface area is 121 Å². The molecule has 0 aliphatic heterocycles. The van der Waals surface area contributed by atoms with Crippen LogP contribution in [-0.4, -0.2) is 21.5 Å². The Morgan fingerprint density at radius 2 is 2.19 bits per heavy atom. The Morgan fingerprint density at radius 3 is 2.81 bits per heavy atom. The number of aryl methyl sites for hydroxylation is 1. The minimum Gasteiger partial charge on any atom is -0.345 e. The number of amides is 1. The van der Waals surface area contributed by atoms with E-state index in [1.165, 1.54) is 6.07 Å². The molecule has 1 amide bonds. The largest absolute Gasteiger partial charge is 0.345 e. The lowest BCUT2D eigenvalue weighted by molar-refractivity contribution is -0.383. The summed E-state index contributed by atoms with van der Waals surface area (Å²) in [6.45, 7) is 5.49. The zero-order valence-corrected chi connectivity index (χ0v) is 12.1. The number of nitro groups is 1. The van der Waals surface area contributed by atoms with Gasteiger partial charge in [0.15, 0.2) is 0 Å². The molecule has 0 bridgehead atoms. The third-order valence-electron chi connectivity index (χ3n) is 3.36. The molecular formula is C14H16N4O3. The van der Waals surface area contributed by atoms with Gasteiger partial charge in [-0.25, -0.2) is 5.43 Å². The molecule has 2 N–H and O–H groups in total. The van der Waals surface area contributed by atoms with Crippen molar-refractivity contribution >= 4 is 28.2 Å². The average Bonchev–Trinajstić information content (AvgIpc) is 2.81. The van der Waals surface area contributed by atoms with Gasteiger partial charge in [0.25, 0.3) is 11.6 Å². The molecule has 1 aromatic carbocycles. The van der Waals surface area contributed by atoms with Crippen molar-refractivity contribution in [2.75, 3.05) is 0 Å². The van der Waals surface area contributed by atoms with Crippen LogP contribution in [-0.2, 0) is 0 Å². The van der Waals surface area contributed by atoms with Gasteiger partial charge in [0.2, 0.25) is 0 Å². The van der Waals surface area contributed by atoms with Crippen molar-refractivity contribution in [3.63, 3.8) is 0 Å². The summed E-state index contributed by atoms with van der Waals surface area (Å²) in [5.74, 6) is -0.411. The second-order valence-electron chi connectivity index (χ2n) is 4.72. The van der Waals surface area contributed by atoms with Crippen LogP contribution >= 0.6 is 0 Å². The molecule has 110 valence electrons. The van der Waals surface area contributed by atoms with Crippen molar-refractivity contribution in [1.82, 2.24) is 10.4 Å². The fourth-order valence-corrected chi connectivity index (χ4v) is 2.00. The number of carbonyl (C=O) groups is 1. The van der Waals surface area contributed by atoms with Crippen molar-refractivity contribution in [2.24, 2.45) is 5.10 Å². The molecule has 0 saturated carbocycles. The molecule has 0 unspecified atom stereocenters. The van der Waals surface area contributed by atoms with Crippen LogP contribution in [0, 0.1) is 17.0 Å². The Kier molecular flexibility index (Phi) is 4.02. The number of benzene rings is 1. The molecule has 7 nitrogen and oxygen atoms in total. The minimum atomic E-state index is -0.473. The van der Waals surface area contributed by atoms with E-state index in [1.807, 2.05) is 13.8 Å². The lowest BCUT2D eigenvalue weighted by Crippen LogP contribution is -2.20. The van der Waals surface area contributed by atoms with Crippen LogP contribution in [0.5, 0.6) is 0 Å². The first kappa shape index (κ1) is 14.7. The van der Waals surface area contributed by atoms with E-state index in [2.05, 4.69) is 15.5 Å². The van der Waals surface area contributed by atoms with E-state index in [9.17, 15) is 14.9 Å².